The van der Waals surface area contributed by atoms with Gasteiger partial charge in [0.05, 0.1) is 38.1 Å². The zero-order valence-electron chi connectivity index (χ0n) is 20.8. The number of aliphatic carboxylic acids is 1. The fraction of sp³-hybridized carbons (Fsp3) is 0.407. The fourth-order valence-electron chi connectivity index (χ4n) is 3.87. The lowest BCUT2D eigenvalue weighted by molar-refractivity contribution is -0.141. The third-order valence-corrected chi connectivity index (χ3v) is 6.28. The maximum Gasteiger partial charge on any atom is 0.326 e. The van der Waals surface area contributed by atoms with Crippen LogP contribution >= 0.6 is 23.2 Å². The zero-order valence-corrected chi connectivity index (χ0v) is 22.3. The van der Waals surface area contributed by atoms with Crippen LogP contribution in [-0.4, -0.2) is 43.3 Å². The molecule has 1 aliphatic rings. The largest absolute Gasteiger partial charge is 0.496 e. The first-order chi connectivity index (χ1) is 17.1. The maximum absolute atomic E-state index is 12.6. The van der Waals surface area contributed by atoms with Crippen molar-refractivity contribution >= 4 is 35.1 Å². The van der Waals surface area contributed by atoms with Crippen LogP contribution in [0.4, 0.5) is 0 Å². The van der Waals surface area contributed by atoms with Gasteiger partial charge in [0.25, 0.3) is 5.91 Å². The van der Waals surface area contributed by atoms with E-state index in [0.717, 1.165) is 35.1 Å². The first-order valence-corrected chi connectivity index (χ1v) is 12.4. The van der Waals surface area contributed by atoms with Crippen LogP contribution in [0.15, 0.2) is 46.5 Å². The quantitative estimate of drug-likeness (QED) is 0.348. The normalized spacial score (nSPS) is 13.8. The molecule has 0 heterocycles. The Hall–Kier alpha value is -2.74. The van der Waals surface area contributed by atoms with Crippen molar-refractivity contribution in [2.45, 2.75) is 51.9 Å². The molecule has 0 unspecified atom stereocenters. The Kier molecular flexibility index (Phi) is 9.65. The first kappa shape index (κ1) is 27.8. The van der Waals surface area contributed by atoms with Crippen LogP contribution in [0.3, 0.4) is 0 Å². The molecule has 0 aliphatic heterocycles. The highest BCUT2D eigenvalue weighted by atomic mass is 35.5. The molecule has 2 aromatic carbocycles. The van der Waals surface area contributed by atoms with Crippen molar-refractivity contribution in [2.24, 2.45) is 5.92 Å². The number of methoxy groups -OCH3 is 2. The van der Waals surface area contributed by atoms with E-state index in [4.69, 9.17) is 37.4 Å². The molecule has 1 aliphatic carbocycles. The van der Waals surface area contributed by atoms with Crippen LogP contribution in [0, 0.1) is 5.92 Å². The monoisotopic (exact) mass is 535 g/mol. The number of carboxylic acids is 1. The molecule has 0 radical (unpaired) electrons. The molecule has 7 nitrogen and oxygen atoms in total. The summed E-state index contributed by atoms with van der Waals surface area (Å²) >= 11 is 11.7. The second kappa shape index (κ2) is 12.5. The van der Waals surface area contributed by atoms with E-state index in [-0.39, 0.29) is 28.5 Å². The number of carbonyl (C=O) groups excluding carboxylic acids is 1. The molecule has 2 N–H and O–H groups in total. The minimum absolute atomic E-state index is 0.0167. The number of hydrogen-bond donors (Lipinski definition) is 2. The molecule has 9 heteroatoms. The van der Waals surface area contributed by atoms with Crippen molar-refractivity contribution in [2.75, 3.05) is 14.2 Å². The van der Waals surface area contributed by atoms with Gasteiger partial charge in [0, 0.05) is 6.42 Å². The van der Waals surface area contributed by atoms with Crippen LogP contribution in [0.25, 0.3) is 11.1 Å². The lowest BCUT2D eigenvalue weighted by Crippen LogP contribution is -2.43. The van der Waals surface area contributed by atoms with E-state index >= 15 is 0 Å². The predicted octanol–water partition coefficient (Wildman–Crippen LogP) is 5.51. The average molecular weight is 536 g/mol. The van der Waals surface area contributed by atoms with Crippen LogP contribution in [0.1, 0.15) is 37.8 Å². The molecule has 1 saturated carbocycles. The molecule has 1 amide bonds. The van der Waals surface area contributed by atoms with Gasteiger partial charge in [-0.3, -0.25) is 4.79 Å². The fourth-order valence-corrected chi connectivity index (χ4v) is 4.35. The summed E-state index contributed by atoms with van der Waals surface area (Å²) in [5, 5.41) is 12.3. The summed E-state index contributed by atoms with van der Waals surface area (Å²) in [5.41, 5.74) is 3.53. The van der Waals surface area contributed by atoms with E-state index in [2.05, 4.69) is 5.32 Å². The van der Waals surface area contributed by atoms with Gasteiger partial charge in [-0.15, -0.1) is 0 Å². The average Bonchev–Trinajstić information content (AvgIpc) is 3.66. The Bertz CT molecular complexity index is 1100. The minimum Gasteiger partial charge on any atom is -0.496 e. The van der Waals surface area contributed by atoms with Crippen LogP contribution < -0.4 is 14.8 Å². The highest BCUT2D eigenvalue weighted by Gasteiger charge is 2.34. The molecule has 0 spiro atoms. The van der Waals surface area contributed by atoms with Crippen LogP contribution in [0.2, 0.25) is 0 Å². The Labute approximate surface area is 221 Å². The highest BCUT2D eigenvalue weighted by molar-refractivity contribution is 6.57. The smallest absolute Gasteiger partial charge is 0.326 e. The Morgan fingerprint density at radius 1 is 1.03 bits per heavy atom. The summed E-state index contributed by atoms with van der Waals surface area (Å²) in [5.74, 6) is -0.430. The van der Waals surface area contributed by atoms with Crippen molar-refractivity contribution in [3.63, 3.8) is 0 Å². The lowest BCUT2D eigenvalue weighted by Gasteiger charge is -2.18. The molecule has 3 rings (SSSR count). The molecular weight excluding hydrogens is 505 g/mol. The second-order valence-electron chi connectivity index (χ2n) is 8.95. The Balaban J connectivity index is 1.80. The lowest BCUT2D eigenvalue weighted by atomic mass is 9.98. The number of nitrogens with one attached hydrogen (secondary N) is 1. The number of ether oxygens (including phenoxy) is 3. The summed E-state index contributed by atoms with van der Waals surface area (Å²) in [4.78, 5) is 24.5. The molecule has 0 bridgehead atoms. The van der Waals surface area contributed by atoms with E-state index < -0.39 is 17.9 Å². The Morgan fingerprint density at radius 2 is 1.61 bits per heavy atom. The Morgan fingerprint density at radius 3 is 2.06 bits per heavy atom. The van der Waals surface area contributed by atoms with Crippen molar-refractivity contribution < 1.29 is 28.9 Å². The third-order valence-electron chi connectivity index (χ3n) is 5.87. The summed E-state index contributed by atoms with van der Waals surface area (Å²) in [6.45, 7) is 4.37. The molecule has 36 heavy (non-hydrogen) atoms. The van der Waals surface area contributed by atoms with Gasteiger partial charge in [0.1, 0.15) is 22.0 Å². The standard InChI is InChI=1S/C27H31Cl2NO6/c1-15(2)36-14-17-12-21(34-3)23(22(13-17)35-4)18-7-5-16(6-8-18)11-20(27(32)33)30-26(31)24(25(28)29)19-9-10-19/h5-8,12-13,15,19-20H,9-11,14H2,1-4H3,(H,30,31)(H,32,33)/t20-/m0/s1. The number of rotatable bonds is 12. The van der Waals surface area contributed by atoms with Gasteiger partial charge in [0.2, 0.25) is 0 Å². The van der Waals surface area contributed by atoms with Gasteiger partial charge in [-0.1, -0.05) is 47.5 Å². The predicted molar refractivity (Wildman–Crippen MR) is 140 cm³/mol. The molecule has 1 fully saturated rings. The van der Waals surface area contributed by atoms with E-state index in [1.54, 1.807) is 14.2 Å². The van der Waals surface area contributed by atoms with Crippen molar-refractivity contribution in [1.29, 1.82) is 0 Å². The van der Waals surface area contributed by atoms with Crippen LogP contribution in [0.5, 0.6) is 11.5 Å². The van der Waals surface area contributed by atoms with Gasteiger partial charge >= 0.3 is 5.97 Å². The van der Waals surface area contributed by atoms with Gasteiger partial charge in [0.15, 0.2) is 0 Å². The van der Waals surface area contributed by atoms with Gasteiger partial charge in [-0.25, -0.2) is 4.79 Å². The van der Waals surface area contributed by atoms with Crippen molar-refractivity contribution in [3.05, 3.63) is 57.6 Å². The summed E-state index contributed by atoms with van der Waals surface area (Å²) < 4.78 is 16.9. The van der Waals surface area contributed by atoms with Crippen molar-refractivity contribution in [1.82, 2.24) is 5.32 Å². The summed E-state index contributed by atoms with van der Waals surface area (Å²) in [7, 11) is 3.19. The number of benzene rings is 2. The molecule has 0 aromatic heterocycles. The molecule has 0 saturated heterocycles. The SMILES string of the molecule is COc1cc(COC(C)C)cc(OC)c1-c1ccc(C[C@H](NC(=O)C(=C(Cl)Cl)C2CC2)C(=O)O)cc1. The number of halogens is 2. The number of carboxylic acid groups (broad SMARTS) is 1. The number of carbonyl (C=O) groups is 2. The van der Waals surface area contributed by atoms with Gasteiger partial charge in [-0.2, -0.15) is 0 Å². The second-order valence-corrected chi connectivity index (χ2v) is 9.90. The van der Waals surface area contributed by atoms with Crippen LogP contribution in [-0.2, 0) is 27.4 Å². The number of hydrogen-bond acceptors (Lipinski definition) is 5. The summed E-state index contributed by atoms with van der Waals surface area (Å²) in [6, 6.07) is 10.1. The molecule has 1 atom stereocenters. The first-order valence-electron chi connectivity index (χ1n) is 11.7. The topological polar surface area (TPSA) is 94.1 Å². The van der Waals surface area contributed by atoms with E-state index in [1.807, 2.05) is 50.2 Å². The molecular formula is C27H31Cl2NO6. The third kappa shape index (κ3) is 7.15. The number of amides is 1. The minimum atomic E-state index is -1.14. The van der Waals surface area contributed by atoms with E-state index in [1.165, 1.54) is 0 Å². The summed E-state index contributed by atoms with van der Waals surface area (Å²) in [6.07, 6.45) is 1.81. The van der Waals surface area contributed by atoms with E-state index in [0.29, 0.717) is 18.1 Å². The van der Waals surface area contributed by atoms with Crippen molar-refractivity contribution in [3.8, 4) is 22.6 Å². The van der Waals surface area contributed by atoms with Gasteiger partial charge < -0.3 is 24.6 Å². The van der Waals surface area contributed by atoms with Gasteiger partial charge in [-0.05, 0) is 61.4 Å². The molecule has 2 aromatic rings. The zero-order chi connectivity index (χ0) is 26.4. The highest BCUT2D eigenvalue weighted by Crippen LogP contribution is 2.41. The van der Waals surface area contributed by atoms with E-state index in [9.17, 15) is 14.7 Å². The maximum atomic E-state index is 12.6. The molecule has 194 valence electrons.